The standard InChI is InChI=1S/C46H44N2O10S2/c1-53-40-7-4-3-6-36(40)47-10-14-55-15-12-48(13-17-57-19-18-56-16-11-47)37-24-32(46(51)52)31(25-43(37)54-2)45-34-22-30(29-9-21-59-28-29)38(49)26-41(34)58-42-27-39(50)33(23-35(42)45)44-8-5-20-60-44/h3-9,20-28,49H,10-19H2,1-2H3,(H,51,52). The van der Waals surface area contributed by atoms with Gasteiger partial charge in [-0.2, -0.15) is 11.3 Å². The van der Waals surface area contributed by atoms with E-state index in [2.05, 4.69) is 4.90 Å². The van der Waals surface area contributed by atoms with Crippen molar-refractivity contribution < 1.29 is 43.1 Å². The predicted octanol–water partition coefficient (Wildman–Crippen LogP) is 8.82. The van der Waals surface area contributed by atoms with Crippen LogP contribution in [0.1, 0.15) is 10.4 Å². The molecule has 1 aliphatic carbocycles. The second-order valence-corrected chi connectivity index (χ2v) is 15.8. The van der Waals surface area contributed by atoms with Crippen molar-refractivity contribution in [1.82, 2.24) is 0 Å². The number of rotatable bonds is 8. The Morgan fingerprint density at radius 1 is 0.700 bits per heavy atom. The summed E-state index contributed by atoms with van der Waals surface area (Å²) < 4.78 is 36.2. The lowest BCUT2D eigenvalue weighted by Gasteiger charge is -2.28. The van der Waals surface area contributed by atoms with Gasteiger partial charge >= 0.3 is 5.97 Å². The molecule has 1 saturated heterocycles. The third-order valence-corrected chi connectivity index (χ3v) is 12.1. The lowest BCUT2D eigenvalue weighted by molar-refractivity contribution is 0.0530. The van der Waals surface area contributed by atoms with Gasteiger partial charge in [0.1, 0.15) is 28.6 Å². The van der Waals surface area contributed by atoms with Crippen LogP contribution in [0.5, 0.6) is 17.2 Å². The number of carboxylic acids is 1. The summed E-state index contributed by atoms with van der Waals surface area (Å²) in [6, 6.07) is 23.4. The van der Waals surface area contributed by atoms with E-state index in [4.69, 9.17) is 28.1 Å². The molecule has 0 spiro atoms. The second-order valence-electron chi connectivity index (χ2n) is 14.0. The lowest BCUT2D eigenvalue weighted by Crippen LogP contribution is -2.33. The number of hydrogen-bond acceptors (Lipinski definition) is 13. The fourth-order valence-electron chi connectivity index (χ4n) is 7.60. The molecule has 8 rings (SSSR count). The van der Waals surface area contributed by atoms with Crippen molar-refractivity contribution in [1.29, 1.82) is 0 Å². The van der Waals surface area contributed by atoms with Gasteiger partial charge in [0, 0.05) is 76.4 Å². The van der Waals surface area contributed by atoms with Crippen molar-refractivity contribution in [2.75, 3.05) is 89.8 Å². The van der Waals surface area contributed by atoms with Crippen LogP contribution in [0.25, 0.3) is 55.0 Å². The third kappa shape index (κ3) is 8.56. The molecule has 60 heavy (non-hydrogen) atoms. The molecule has 310 valence electrons. The first-order valence-corrected chi connectivity index (χ1v) is 21.3. The molecule has 0 unspecified atom stereocenters. The Morgan fingerprint density at radius 2 is 1.40 bits per heavy atom. The number of phenols is 1. The van der Waals surface area contributed by atoms with Crippen LogP contribution in [0.15, 0.2) is 104 Å². The van der Waals surface area contributed by atoms with Crippen LogP contribution in [0.3, 0.4) is 0 Å². The average Bonchev–Trinajstić information content (AvgIpc) is 4.00. The molecule has 0 atom stereocenters. The highest BCUT2D eigenvalue weighted by molar-refractivity contribution is 7.13. The van der Waals surface area contributed by atoms with Gasteiger partial charge in [0.15, 0.2) is 5.43 Å². The number of nitrogens with zero attached hydrogens (tertiary/aromatic N) is 2. The highest BCUT2D eigenvalue weighted by Gasteiger charge is 2.28. The van der Waals surface area contributed by atoms with Crippen LogP contribution in [0.4, 0.5) is 11.4 Å². The second kappa shape index (κ2) is 18.6. The number of ether oxygens (including phenoxy) is 5. The van der Waals surface area contributed by atoms with E-state index in [0.29, 0.717) is 110 Å². The van der Waals surface area contributed by atoms with Gasteiger partial charge < -0.3 is 48.1 Å². The molecule has 3 aliphatic rings. The number of para-hydroxylation sites is 2. The Kier molecular flexibility index (Phi) is 12.6. The molecule has 5 aromatic rings. The average molecular weight is 849 g/mol. The fraction of sp³-hybridized carbons (Fsp3) is 0.261. The van der Waals surface area contributed by atoms with Gasteiger partial charge in [0.25, 0.3) is 0 Å². The van der Waals surface area contributed by atoms with Gasteiger partial charge in [-0.05, 0) is 70.2 Å². The number of methoxy groups -OCH3 is 2. The molecule has 12 nitrogen and oxygen atoms in total. The number of anilines is 2. The number of thiophene rings is 2. The number of aromatic carboxylic acids is 1. The Balaban J connectivity index is 1.22. The summed E-state index contributed by atoms with van der Waals surface area (Å²) in [7, 11) is 3.21. The van der Waals surface area contributed by atoms with E-state index in [1.54, 1.807) is 32.4 Å². The largest absolute Gasteiger partial charge is 0.507 e. The first kappa shape index (κ1) is 40.9. The summed E-state index contributed by atoms with van der Waals surface area (Å²) in [6.45, 7) is 4.49. The summed E-state index contributed by atoms with van der Waals surface area (Å²) in [5.41, 5.74) is 4.76. The molecule has 2 aliphatic heterocycles. The van der Waals surface area contributed by atoms with Crippen LogP contribution in [-0.4, -0.2) is 96.2 Å². The van der Waals surface area contributed by atoms with Crippen LogP contribution < -0.4 is 24.7 Å². The van der Waals surface area contributed by atoms with Gasteiger partial charge in [-0.3, -0.25) is 4.79 Å². The molecular formula is C46H44N2O10S2. The molecule has 2 N–H and O–H groups in total. The maximum absolute atomic E-state index is 13.5. The molecule has 2 aromatic heterocycles. The maximum atomic E-state index is 13.5. The van der Waals surface area contributed by atoms with Gasteiger partial charge in [-0.1, -0.05) is 18.2 Å². The highest BCUT2D eigenvalue weighted by atomic mass is 32.1. The van der Waals surface area contributed by atoms with E-state index >= 15 is 0 Å². The molecule has 3 aromatic carbocycles. The van der Waals surface area contributed by atoms with Gasteiger partial charge in [0.2, 0.25) is 0 Å². The van der Waals surface area contributed by atoms with E-state index in [1.807, 2.05) is 69.6 Å². The molecule has 1 fully saturated rings. The number of aromatic hydroxyl groups is 1. The Labute approximate surface area is 354 Å². The van der Waals surface area contributed by atoms with E-state index in [1.165, 1.54) is 34.8 Å². The first-order valence-electron chi connectivity index (χ1n) is 19.5. The summed E-state index contributed by atoms with van der Waals surface area (Å²) in [6.07, 6.45) is 0. The Hall–Kier alpha value is -5.90. The number of benzene rings is 4. The molecular weight excluding hydrogens is 805 g/mol. The minimum Gasteiger partial charge on any atom is -0.507 e. The molecule has 0 radical (unpaired) electrons. The third-order valence-electron chi connectivity index (χ3n) is 10.5. The Morgan fingerprint density at radius 3 is 2.05 bits per heavy atom. The smallest absolute Gasteiger partial charge is 0.336 e. The van der Waals surface area contributed by atoms with Crippen LogP contribution in [-0.2, 0) is 14.2 Å². The van der Waals surface area contributed by atoms with Crippen molar-refractivity contribution in [3.8, 4) is 61.3 Å². The van der Waals surface area contributed by atoms with Gasteiger partial charge in [0.05, 0.1) is 70.8 Å². The summed E-state index contributed by atoms with van der Waals surface area (Å²) in [5, 5.41) is 28.5. The zero-order chi connectivity index (χ0) is 41.6. The summed E-state index contributed by atoms with van der Waals surface area (Å²) in [5.74, 6) is 0.264. The predicted molar refractivity (Wildman–Crippen MR) is 236 cm³/mol. The van der Waals surface area contributed by atoms with E-state index in [-0.39, 0.29) is 28.1 Å². The topological polar surface area (TPSA) is 140 Å². The number of phenolic OH excluding ortho intramolecular Hbond substituents is 1. The molecule has 14 heteroatoms. The van der Waals surface area contributed by atoms with E-state index in [9.17, 15) is 19.8 Å². The minimum atomic E-state index is -1.16. The summed E-state index contributed by atoms with van der Waals surface area (Å²) >= 11 is 2.93. The zero-order valence-electron chi connectivity index (χ0n) is 33.2. The normalized spacial score (nSPS) is 14.8. The van der Waals surface area contributed by atoms with Crippen molar-refractivity contribution in [3.63, 3.8) is 0 Å². The minimum absolute atomic E-state index is 0.00668. The first-order chi connectivity index (χ1) is 29.3. The monoisotopic (exact) mass is 848 g/mol. The lowest BCUT2D eigenvalue weighted by atomic mass is 9.88. The van der Waals surface area contributed by atoms with Gasteiger partial charge in [-0.15, -0.1) is 11.3 Å². The summed E-state index contributed by atoms with van der Waals surface area (Å²) in [4.78, 5) is 32.0. The molecule has 0 amide bonds. The van der Waals surface area contributed by atoms with Crippen molar-refractivity contribution in [3.05, 3.63) is 111 Å². The quantitative estimate of drug-likeness (QED) is 0.141. The molecule has 0 saturated carbocycles. The number of carbonyl (C=O) groups is 1. The highest BCUT2D eigenvalue weighted by Crippen LogP contribution is 2.48. The number of fused-ring (bicyclic) bond motifs is 2. The van der Waals surface area contributed by atoms with E-state index < -0.39 is 5.97 Å². The van der Waals surface area contributed by atoms with Crippen LogP contribution in [0, 0.1) is 0 Å². The zero-order valence-corrected chi connectivity index (χ0v) is 34.8. The van der Waals surface area contributed by atoms with Crippen molar-refractivity contribution in [2.45, 2.75) is 0 Å². The molecule has 0 bridgehead atoms. The van der Waals surface area contributed by atoms with Crippen molar-refractivity contribution >= 4 is 51.0 Å². The number of carboxylic acid groups (broad SMARTS) is 1. The molecule has 4 heterocycles. The van der Waals surface area contributed by atoms with Crippen LogP contribution >= 0.6 is 22.7 Å². The van der Waals surface area contributed by atoms with E-state index in [0.717, 1.165) is 21.9 Å². The van der Waals surface area contributed by atoms with Crippen molar-refractivity contribution in [2.24, 2.45) is 0 Å². The van der Waals surface area contributed by atoms with Crippen LogP contribution in [0.2, 0.25) is 0 Å². The number of hydrogen-bond donors (Lipinski definition) is 2. The maximum Gasteiger partial charge on any atom is 0.336 e. The fourth-order valence-corrected chi connectivity index (χ4v) is 9.00. The Bertz CT molecular complexity index is 2610. The van der Waals surface area contributed by atoms with Gasteiger partial charge in [-0.25, -0.2) is 4.79 Å². The SMILES string of the molecule is COc1ccccc1N1CCOCCOCCN(c2cc(C(=O)O)c(-c3c4cc(-c5cccs5)c(=O)cc-4oc4cc(O)c(-c5ccsc5)cc34)cc2OC)CCOCC1.